The van der Waals surface area contributed by atoms with E-state index in [4.69, 9.17) is 4.74 Å². The van der Waals surface area contributed by atoms with Crippen molar-refractivity contribution in [2.75, 3.05) is 7.11 Å². The SMILES string of the molecule is CCc1ccc(C(=O)NC2=CC(O)CC=C2NC(=O)c2ccc(OC)cc2)cc1. The largest absolute Gasteiger partial charge is 0.497 e. The van der Waals surface area contributed by atoms with Crippen molar-refractivity contribution < 1.29 is 19.4 Å². The third-order valence-corrected chi connectivity index (χ3v) is 4.69. The second-order valence-electron chi connectivity index (χ2n) is 6.69. The van der Waals surface area contributed by atoms with Crippen molar-refractivity contribution >= 4 is 11.8 Å². The van der Waals surface area contributed by atoms with Crippen LogP contribution in [0.3, 0.4) is 0 Å². The van der Waals surface area contributed by atoms with Gasteiger partial charge in [0, 0.05) is 11.1 Å². The molecule has 150 valence electrons. The van der Waals surface area contributed by atoms with Crippen molar-refractivity contribution in [3.63, 3.8) is 0 Å². The Bertz CT molecular complexity index is 944. The average Bonchev–Trinajstić information content (AvgIpc) is 2.75. The molecule has 6 heteroatoms. The molecule has 2 aromatic carbocycles. The monoisotopic (exact) mass is 392 g/mol. The molecule has 0 aromatic heterocycles. The molecule has 0 bridgehead atoms. The van der Waals surface area contributed by atoms with E-state index in [-0.39, 0.29) is 11.8 Å². The molecule has 1 unspecified atom stereocenters. The maximum atomic E-state index is 12.6. The van der Waals surface area contributed by atoms with Crippen molar-refractivity contribution in [2.45, 2.75) is 25.9 Å². The van der Waals surface area contributed by atoms with Crippen LogP contribution in [0, 0.1) is 0 Å². The van der Waals surface area contributed by atoms with Gasteiger partial charge >= 0.3 is 0 Å². The summed E-state index contributed by atoms with van der Waals surface area (Å²) < 4.78 is 5.10. The van der Waals surface area contributed by atoms with Crippen molar-refractivity contribution in [1.82, 2.24) is 10.6 Å². The molecule has 2 amide bonds. The number of carbonyl (C=O) groups is 2. The van der Waals surface area contributed by atoms with Crippen LogP contribution in [0.25, 0.3) is 0 Å². The van der Waals surface area contributed by atoms with Gasteiger partial charge in [-0.05, 0) is 60.9 Å². The smallest absolute Gasteiger partial charge is 0.255 e. The molecule has 6 nitrogen and oxygen atoms in total. The van der Waals surface area contributed by atoms with Gasteiger partial charge in [-0.1, -0.05) is 25.1 Å². The molecule has 0 saturated heterocycles. The van der Waals surface area contributed by atoms with Gasteiger partial charge in [-0.3, -0.25) is 9.59 Å². The lowest BCUT2D eigenvalue weighted by Crippen LogP contribution is -2.34. The second kappa shape index (κ2) is 9.21. The zero-order valence-electron chi connectivity index (χ0n) is 16.4. The van der Waals surface area contributed by atoms with Crippen LogP contribution in [0.1, 0.15) is 39.6 Å². The number of benzene rings is 2. The summed E-state index contributed by atoms with van der Waals surface area (Å²) in [6, 6.07) is 14.0. The van der Waals surface area contributed by atoms with E-state index in [0.717, 1.165) is 12.0 Å². The van der Waals surface area contributed by atoms with Gasteiger partial charge in [0.05, 0.1) is 24.6 Å². The molecule has 1 aliphatic rings. The van der Waals surface area contributed by atoms with Crippen molar-refractivity contribution in [1.29, 1.82) is 0 Å². The van der Waals surface area contributed by atoms with Crippen LogP contribution < -0.4 is 15.4 Å². The lowest BCUT2D eigenvalue weighted by Gasteiger charge is -2.21. The normalized spacial score (nSPS) is 15.8. The molecule has 1 aliphatic carbocycles. The summed E-state index contributed by atoms with van der Waals surface area (Å²) >= 11 is 0. The number of aliphatic hydroxyl groups is 1. The number of rotatable bonds is 6. The first-order chi connectivity index (χ1) is 14.0. The van der Waals surface area contributed by atoms with E-state index >= 15 is 0 Å². The first-order valence-electron chi connectivity index (χ1n) is 9.46. The average molecular weight is 392 g/mol. The van der Waals surface area contributed by atoms with E-state index in [9.17, 15) is 14.7 Å². The minimum Gasteiger partial charge on any atom is -0.497 e. The van der Waals surface area contributed by atoms with Gasteiger partial charge in [0.1, 0.15) is 5.75 Å². The third-order valence-electron chi connectivity index (χ3n) is 4.69. The molecular formula is C23H24N2O4. The molecule has 0 radical (unpaired) electrons. The quantitative estimate of drug-likeness (QED) is 0.705. The molecule has 0 saturated carbocycles. The van der Waals surface area contributed by atoms with Gasteiger partial charge < -0.3 is 20.5 Å². The Kier molecular flexibility index (Phi) is 6.46. The lowest BCUT2D eigenvalue weighted by atomic mass is 10.0. The van der Waals surface area contributed by atoms with Crippen LogP contribution in [0.2, 0.25) is 0 Å². The van der Waals surface area contributed by atoms with Crippen LogP contribution in [0.5, 0.6) is 5.75 Å². The zero-order chi connectivity index (χ0) is 20.8. The molecule has 0 aliphatic heterocycles. The predicted molar refractivity (Wildman–Crippen MR) is 111 cm³/mol. The van der Waals surface area contributed by atoms with Crippen LogP contribution in [-0.4, -0.2) is 30.1 Å². The Morgan fingerprint density at radius 1 is 0.966 bits per heavy atom. The highest BCUT2D eigenvalue weighted by Crippen LogP contribution is 2.18. The summed E-state index contributed by atoms with van der Waals surface area (Å²) in [7, 11) is 1.56. The van der Waals surface area contributed by atoms with E-state index in [1.54, 1.807) is 49.6 Å². The minimum atomic E-state index is -0.727. The number of aryl methyl sites for hydroxylation is 1. The second-order valence-corrected chi connectivity index (χ2v) is 6.69. The van der Waals surface area contributed by atoms with Gasteiger partial charge in [-0.2, -0.15) is 0 Å². The molecular weight excluding hydrogens is 368 g/mol. The van der Waals surface area contributed by atoms with Gasteiger partial charge in [-0.25, -0.2) is 0 Å². The highest BCUT2D eigenvalue weighted by molar-refractivity contribution is 5.98. The van der Waals surface area contributed by atoms with Crippen LogP contribution in [-0.2, 0) is 6.42 Å². The molecule has 0 spiro atoms. The number of nitrogens with one attached hydrogen (secondary N) is 2. The van der Waals surface area contributed by atoms with Crippen molar-refractivity contribution in [2.24, 2.45) is 0 Å². The van der Waals surface area contributed by atoms with E-state index in [1.165, 1.54) is 6.08 Å². The summed E-state index contributed by atoms with van der Waals surface area (Å²) in [5, 5.41) is 15.6. The molecule has 3 N–H and O–H groups in total. The third kappa shape index (κ3) is 5.12. The summed E-state index contributed by atoms with van der Waals surface area (Å²) in [6.45, 7) is 2.05. The molecule has 3 rings (SSSR count). The Balaban J connectivity index is 1.72. The van der Waals surface area contributed by atoms with Crippen LogP contribution in [0.15, 0.2) is 72.1 Å². The topological polar surface area (TPSA) is 87.7 Å². The summed E-state index contributed by atoms with van der Waals surface area (Å²) in [6.07, 6.45) is 3.74. The van der Waals surface area contributed by atoms with E-state index < -0.39 is 6.10 Å². The summed E-state index contributed by atoms with van der Waals surface area (Å²) in [4.78, 5) is 25.2. The molecule has 29 heavy (non-hydrogen) atoms. The Morgan fingerprint density at radius 3 is 2.07 bits per heavy atom. The van der Waals surface area contributed by atoms with Gasteiger partial charge in [0.2, 0.25) is 0 Å². The number of hydrogen-bond acceptors (Lipinski definition) is 4. The molecule has 2 aromatic rings. The van der Waals surface area contributed by atoms with Crippen LogP contribution in [0.4, 0.5) is 0 Å². The number of carbonyl (C=O) groups excluding carboxylic acids is 2. The molecule has 0 fully saturated rings. The number of methoxy groups -OCH3 is 1. The summed E-state index contributed by atoms with van der Waals surface area (Å²) in [5.74, 6) is 0.0313. The Hall–Kier alpha value is -3.38. The first-order valence-corrected chi connectivity index (χ1v) is 9.46. The first kappa shape index (κ1) is 20.4. The molecule has 0 heterocycles. The van der Waals surface area contributed by atoms with Crippen LogP contribution >= 0.6 is 0 Å². The number of ether oxygens (including phenoxy) is 1. The highest BCUT2D eigenvalue weighted by atomic mass is 16.5. The number of hydrogen-bond donors (Lipinski definition) is 3. The van der Waals surface area contributed by atoms with Gasteiger partial charge in [0.25, 0.3) is 11.8 Å². The molecule has 1 atom stereocenters. The fraction of sp³-hybridized carbons (Fsp3) is 0.217. The maximum Gasteiger partial charge on any atom is 0.255 e. The Labute approximate surface area is 169 Å². The zero-order valence-corrected chi connectivity index (χ0v) is 16.4. The fourth-order valence-corrected chi connectivity index (χ4v) is 2.95. The number of amides is 2. The van der Waals surface area contributed by atoms with Gasteiger partial charge in [-0.15, -0.1) is 0 Å². The van der Waals surface area contributed by atoms with Gasteiger partial charge in [0.15, 0.2) is 0 Å². The van der Waals surface area contributed by atoms with Crippen molar-refractivity contribution in [3.8, 4) is 5.75 Å². The number of aliphatic hydroxyl groups excluding tert-OH is 1. The summed E-state index contributed by atoms with van der Waals surface area (Å²) in [5.41, 5.74) is 2.92. The fourth-order valence-electron chi connectivity index (χ4n) is 2.95. The maximum absolute atomic E-state index is 12.6. The highest BCUT2D eigenvalue weighted by Gasteiger charge is 2.19. The minimum absolute atomic E-state index is 0.308. The predicted octanol–water partition coefficient (Wildman–Crippen LogP) is 2.95. The van der Waals surface area contributed by atoms with Crippen molar-refractivity contribution in [3.05, 3.63) is 88.8 Å². The lowest BCUT2D eigenvalue weighted by molar-refractivity contribution is 0.0946. The van der Waals surface area contributed by atoms with E-state index in [0.29, 0.717) is 34.7 Å². The van der Waals surface area contributed by atoms with E-state index in [1.807, 2.05) is 19.1 Å². The standard InChI is InChI=1S/C23H24N2O4/c1-3-15-4-6-16(7-5-15)23(28)25-21-14-18(26)10-13-20(21)24-22(27)17-8-11-19(29-2)12-9-17/h4-9,11-14,18,26H,3,10H2,1-2H3,(H,24,27)(H,25,28). The Morgan fingerprint density at radius 2 is 1.52 bits per heavy atom. The van der Waals surface area contributed by atoms with E-state index in [2.05, 4.69) is 10.6 Å².